The van der Waals surface area contributed by atoms with Gasteiger partial charge in [-0.15, -0.1) is 0 Å². The van der Waals surface area contributed by atoms with Crippen molar-refractivity contribution in [2.75, 3.05) is 49.5 Å². The topological polar surface area (TPSA) is 73.0 Å². The monoisotopic (exact) mass is 346 g/mol. The minimum atomic E-state index is -0.646. The van der Waals surface area contributed by atoms with E-state index >= 15 is 0 Å². The molecule has 0 unspecified atom stereocenters. The van der Waals surface area contributed by atoms with Gasteiger partial charge in [0.2, 0.25) is 5.91 Å². The summed E-state index contributed by atoms with van der Waals surface area (Å²) < 4.78 is 0. The van der Waals surface area contributed by atoms with Crippen LogP contribution in [-0.2, 0) is 14.4 Å². The fourth-order valence-electron chi connectivity index (χ4n) is 2.90. The average Bonchev–Trinajstić information content (AvgIpc) is 2.63. The number of anilines is 2. The van der Waals surface area contributed by atoms with E-state index in [9.17, 15) is 14.4 Å². The molecule has 7 nitrogen and oxygen atoms in total. The van der Waals surface area contributed by atoms with Crippen molar-refractivity contribution >= 4 is 29.1 Å². The molecule has 0 atom stereocenters. The molecule has 1 N–H and O–H groups in total. The first-order chi connectivity index (χ1) is 12.0. The molecule has 2 rings (SSSR count). The Labute approximate surface area is 148 Å². The number of nitrogens with zero attached hydrogens (tertiary/aromatic N) is 3. The first kappa shape index (κ1) is 18.8. The van der Waals surface area contributed by atoms with Crippen LogP contribution in [0.4, 0.5) is 11.4 Å². The number of amides is 3. The summed E-state index contributed by atoms with van der Waals surface area (Å²) in [5.74, 6) is -1.22. The molecule has 1 aliphatic rings. The minimum Gasteiger partial charge on any atom is -0.372 e. The largest absolute Gasteiger partial charge is 0.372 e. The maximum Gasteiger partial charge on any atom is 0.313 e. The van der Waals surface area contributed by atoms with Crippen molar-refractivity contribution in [3.63, 3.8) is 0 Å². The third-order valence-corrected chi connectivity index (χ3v) is 4.46. The van der Waals surface area contributed by atoms with Gasteiger partial charge in [0.1, 0.15) is 0 Å². The fraction of sp³-hybridized carbons (Fsp3) is 0.500. The second-order valence-corrected chi connectivity index (χ2v) is 5.97. The van der Waals surface area contributed by atoms with Gasteiger partial charge in [0, 0.05) is 57.6 Å². The van der Waals surface area contributed by atoms with Crippen molar-refractivity contribution < 1.29 is 14.4 Å². The van der Waals surface area contributed by atoms with E-state index in [2.05, 4.69) is 24.1 Å². The van der Waals surface area contributed by atoms with Gasteiger partial charge in [-0.1, -0.05) is 0 Å². The van der Waals surface area contributed by atoms with Gasteiger partial charge in [-0.3, -0.25) is 14.4 Å². The summed E-state index contributed by atoms with van der Waals surface area (Å²) in [6.07, 6.45) is 0. The Balaban J connectivity index is 1.91. The van der Waals surface area contributed by atoms with Crippen LogP contribution in [0, 0.1) is 0 Å². The Hall–Kier alpha value is -2.57. The highest BCUT2D eigenvalue weighted by Crippen LogP contribution is 2.17. The normalized spacial score (nSPS) is 14.2. The second kappa shape index (κ2) is 8.50. The lowest BCUT2D eigenvalue weighted by atomic mass is 10.2. The molecule has 1 saturated heterocycles. The number of hydrogen-bond acceptors (Lipinski definition) is 4. The predicted octanol–water partition coefficient (Wildman–Crippen LogP) is 1.16. The molecule has 0 saturated carbocycles. The standard InChI is InChI=1S/C18H26N4O3/c1-4-20(5-2)16-8-6-15(7-9-16)19-17(24)18(25)22-12-10-21(11-13-22)14(3)23/h6-9H,4-5,10-13H2,1-3H3,(H,19,24). The van der Waals surface area contributed by atoms with Gasteiger partial charge in [0.25, 0.3) is 0 Å². The van der Waals surface area contributed by atoms with Crippen LogP contribution in [0.15, 0.2) is 24.3 Å². The highest BCUT2D eigenvalue weighted by molar-refractivity contribution is 6.39. The number of benzene rings is 1. The van der Waals surface area contributed by atoms with Gasteiger partial charge in [-0.25, -0.2) is 0 Å². The van der Waals surface area contributed by atoms with Crippen LogP contribution < -0.4 is 10.2 Å². The van der Waals surface area contributed by atoms with Crippen molar-refractivity contribution in [2.45, 2.75) is 20.8 Å². The summed E-state index contributed by atoms with van der Waals surface area (Å²) in [6, 6.07) is 7.45. The van der Waals surface area contributed by atoms with E-state index in [0.717, 1.165) is 18.8 Å². The van der Waals surface area contributed by atoms with E-state index in [1.807, 2.05) is 12.1 Å². The first-order valence-corrected chi connectivity index (χ1v) is 8.67. The van der Waals surface area contributed by atoms with Crippen molar-refractivity contribution in [3.8, 4) is 0 Å². The first-order valence-electron chi connectivity index (χ1n) is 8.67. The third-order valence-electron chi connectivity index (χ3n) is 4.46. The number of piperazine rings is 1. The van der Waals surface area contributed by atoms with E-state index in [4.69, 9.17) is 0 Å². The molecule has 0 spiro atoms. The van der Waals surface area contributed by atoms with Crippen LogP contribution in [0.1, 0.15) is 20.8 Å². The van der Waals surface area contributed by atoms with Crippen LogP contribution in [0.3, 0.4) is 0 Å². The van der Waals surface area contributed by atoms with Crippen molar-refractivity contribution in [2.24, 2.45) is 0 Å². The van der Waals surface area contributed by atoms with Crippen LogP contribution in [-0.4, -0.2) is 66.8 Å². The molecule has 0 aliphatic carbocycles. The van der Waals surface area contributed by atoms with Gasteiger partial charge in [0.05, 0.1) is 0 Å². The van der Waals surface area contributed by atoms with Crippen molar-refractivity contribution in [3.05, 3.63) is 24.3 Å². The zero-order chi connectivity index (χ0) is 18.4. The molecule has 3 amide bonds. The number of hydrogen-bond donors (Lipinski definition) is 1. The average molecular weight is 346 g/mol. The molecule has 0 bridgehead atoms. The minimum absolute atomic E-state index is 0.00940. The predicted molar refractivity (Wildman–Crippen MR) is 97.5 cm³/mol. The van der Waals surface area contributed by atoms with Crippen LogP contribution >= 0.6 is 0 Å². The maximum absolute atomic E-state index is 12.2. The fourth-order valence-corrected chi connectivity index (χ4v) is 2.90. The number of nitrogens with one attached hydrogen (secondary N) is 1. The quantitative estimate of drug-likeness (QED) is 0.831. The molecule has 1 aromatic rings. The van der Waals surface area contributed by atoms with E-state index in [-0.39, 0.29) is 5.91 Å². The molecule has 1 fully saturated rings. The zero-order valence-corrected chi connectivity index (χ0v) is 15.1. The molecular formula is C18H26N4O3. The Morgan fingerprint density at radius 3 is 1.96 bits per heavy atom. The molecule has 1 aliphatic heterocycles. The molecule has 1 aromatic carbocycles. The highest BCUT2D eigenvalue weighted by atomic mass is 16.2. The Bertz CT molecular complexity index is 618. The SMILES string of the molecule is CCN(CC)c1ccc(NC(=O)C(=O)N2CCN(C(C)=O)CC2)cc1. The Kier molecular flexibility index (Phi) is 6.38. The second-order valence-electron chi connectivity index (χ2n) is 5.97. The summed E-state index contributed by atoms with van der Waals surface area (Å²) in [6.45, 7) is 9.19. The molecule has 0 aromatic heterocycles. The molecular weight excluding hydrogens is 320 g/mol. The van der Waals surface area contributed by atoms with Gasteiger partial charge in [-0.2, -0.15) is 0 Å². The van der Waals surface area contributed by atoms with Crippen molar-refractivity contribution in [1.82, 2.24) is 9.80 Å². The van der Waals surface area contributed by atoms with Crippen LogP contribution in [0.2, 0.25) is 0 Å². The lowest BCUT2D eigenvalue weighted by Crippen LogP contribution is -2.52. The Morgan fingerprint density at radius 2 is 1.48 bits per heavy atom. The number of carbonyl (C=O) groups is 3. The summed E-state index contributed by atoms with van der Waals surface area (Å²) in [5, 5.41) is 2.65. The lowest BCUT2D eigenvalue weighted by molar-refractivity contribution is -0.145. The van der Waals surface area contributed by atoms with E-state index in [1.165, 1.54) is 11.8 Å². The van der Waals surface area contributed by atoms with E-state index in [0.29, 0.717) is 31.9 Å². The maximum atomic E-state index is 12.2. The smallest absolute Gasteiger partial charge is 0.313 e. The van der Waals surface area contributed by atoms with E-state index < -0.39 is 11.8 Å². The molecule has 7 heteroatoms. The third kappa shape index (κ3) is 4.71. The molecule has 136 valence electrons. The molecule has 25 heavy (non-hydrogen) atoms. The van der Waals surface area contributed by atoms with E-state index in [1.54, 1.807) is 17.0 Å². The summed E-state index contributed by atoms with van der Waals surface area (Å²) in [7, 11) is 0. The van der Waals surface area contributed by atoms with Gasteiger partial charge in [-0.05, 0) is 38.1 Å². The molecule has 1 heterocycles. The van der Waals surface area contributed by atoms with Crippen LogP contribution in [0.5, 0.6) is 0 Å². The molecule has 0 radical (unpaired) electrons. The number of carbonyl (C=O) groups excluding carboxylic acids is 3. The van der Waals surface area contributed by atoms with Crippen molar-refractivity contribution in [1.29, 1.82) is 0 Å². The van der Waals surface area contributed by atoms with Crippen LogP contribution in [0.25, 0.3) is 0 Å². The summed E-state index contributed by atoms with van der Waals surface area (Å²) in [5.41, 5.74) is 1.67. The lowest BCUT2D eigenvalue weighted by Gasteiger charge is -2.33. The summed E-state index contributed by atoms with van der Waals surface area (Å²) in [4.78, 5) is 41.1. The highest BCUT2D eigenvalue weighted by Gasteiger charge is 2.26. The summed E-state index contributed by atoms with van der Waals surface area (Å²) >= 11 is 0. The number of rotatable bonds is 4. The van der Waals surface area contributed by atoms with Gasteiger partial charge < -0.3 is 20.0 Å². The van der Waals surface area contributed by atoms with Gasteiger partial charge in [0.15, 0.2) is 0 Å². The Morgan fingerprint density at radius 1 is 0.960 bits per heavy atom. The zero-order valence-electron chi connectivity index (χ0n) is 15.1. The van der Waals surface area contributed by atoms with Gasteiger partial charge >= 0.3 is 11.8 Å².